The molecule has 1 atom stereocenters. The van der Waals surface area contributed by atoms with E-state index in [2.05, 4.69) is 22.9 Å². The summed E-state index contributed by atoms with van der Waals surface area (Å²) >= 11 is 0. The molecule has 0 fully saturated rings. The maximum absolute atomic E-state index is 11.8. The van der Waals surface area contributed by atoms with Crippen LogP contribution >= 0.6 is 0 Å². The Labute approximate surface area is 108 Å². The quantitative estimate of drug-likeness (QED) is 0.574. The van der Waals surface area contributed by atoms with Gasteiger partial charge in [0.2, 0.25) is 5.09 Å². The molecule has 1 heterocycles. The van der Waals surface area contributed by atoms with Gasteiger partial charge in [0, 0.05) is 0 Å². The van der Waals surface area contributed by atoms with E-state index in [1.165, 1.54) is 6.07 Å². The third kappa shape index (κ3) is 4.18. The first-order valence-electron chi connectivity index (χ1n) is 5.77. The molecule has 0 bridgehead atoms. The van der Waals surface area contributed by atoms with E-state index in [1.54, 1.807) is 13.0 Å². The van der Waals surface area contributed by atoms with Crippen molar-refractivity contribution in [2.45, 2.75) is 37.9 Å². The van der Waals surface area contributed by atoms with Crippen molar-refractivity contribution in [3.05, 3.63) is 17.9 Å². The number of hydrogen-bond acceptors (Lipinski definition) is 4. The van der Waals surface area contributed by atoms with Crippen LogP contribution in [0.15, 0.2) is 21.6 Å². The zero-order chi connectivity index (χ0) is 13.6. The first-order valence-corrected chi connectivity index (χ1v) is 7.25. The average Bonchev–Trinajstić information content (AvgIpc) is 2.78. The fraction of sp³-hybridized carbons (Fsp3) is 0.500. The Hall–Kier alpha value is -1.29. The zero-order valence-electron chi connectivity index (χ0n) is 10.6. The summed E-state index contributed by atoms with van der Waals surface area (Å²) in [6, 6.07) is 2.49. The van der Waals surface area contributed by atoms with Crippen LogP contribution in [-0.4, -0.2) is 21.0 Å². The summed E-state index contributed by atoms with van der Waals surface area (Å²) in [4.78, 5) is 0. The smallest absolute Gasteiger partial charge is 0.275 e. The molecule has 1 rings (SSSR count). The monoisotopic (exact) mass is 270 g/mol. The molecule has 1 aromatic heterocycles. The molecule has 0 amide bonds. The molecule has 18 heavy (non-hydrogen) atoms. The molecule has 0 saturated carbocycles. The molecular formula is C12H18N2O3S. The highest BCUT2D eigenvalue weighted by Gasteiger charge is 2.20. The van der Waals surface area contributed by atoms with Crippen LogP contribution in [0.25, 0.3) is 0 Å². The van der Waals surface area contributed by atoms with E-state index in [4.69, 9.17) is 10.8 Å². The molecule has 1 aromatic rings. The molecule has 0 aliphatic heterocycles. The van der Waals surface area contributed by atoms with E-state index in [0.717, 1.165) is 13.0 Å². The lowest BCUT2D eigenvalue weighted by atomic mass is 10.4. The lowest BCUT2D eigenvalue weighted by Crippen LogP contribution is -2.31. The number of furan rings is 1. The number of hydrogen-bond donors (Lipinski definition) is 2. The van der Waals surface area contributed by atoms with Gasteiger partial charge in [0.05, 0.1) is 12.6 Å². The molecule has 0 radical (unpaired) electrons. The Kier molecular flexibility index (Phi) is 5.41. The van der Waals surface area contributed by atoms with Crippen LogP contribution in [-0.2, 0) is 16.6 Å². The van der Waals surface area contributed by atoms with E-state index in [0.29, 0.717) is 12.3 Å². The van der Waals surface area contributed by atoms with Crippen LogP contribution in [0.4, 0.5) is 0 Å². The normalized spacial score (nSPS) is 13.2. The molecule has 1 unspecified atom stereocenters. The van der Waals surface area contributed by atoms with Gasteiger partial charge in [0.15, 0.2) is 0 Å². The van der Waals surface area contributed by atoms with E-state index in [9.17, 15) is 8.42 Å². The molecule has 0 saturated heterocycles. The number of rotatable bonds is 7. The van der Waals surface area contributed by atoms with Gasteiger partial charge in [0.1, 0.15) is 5.76 Å². The lowest BCUT2D eigenvalue weighted by molar-refractivity contribution is 0.399. The Bertz CT molecular complexity index is 514. The maximum Gasteiger partial charge on any atom is 0.275 e. The van der Waals surface area contributed by atoms with Gasteiger partial charge in [-0.25, -0.2) is 8.42 Å². The molecule has 0 spiro atoms. The van der Waals surface area contributed by atoms with Crippen LogP contribution in [0.3, 0.4) is 0 Å². The highest BCUT2D eigenvalue weighted by Crippen LogP contribution is 2.14. The fourth-order valence-corrected chi connectivity index (χ4v) is 2.42. The van der Waals surface area contributed by atoms with Crippen molar-refractivity contribution in [3.63, 3.8) is 0 Å². The van der Waals surface area contributed by atoms with Crippen LogP contribution in [0.1, 0.15) is 26.0 Å². The molecule has 0 aliphatic carbocycles. The Balaban J connectivity index is 2.70. The van der Waals surface area contributed by atoms with Gasteiger partial charge >= 0.3 is 0 Å². The summed E-state index contributed by atoms with van der Waals surface area (Å²) in [5.74, 6) is 2.88. The molecule has 5 nitrogen and oxygen atoms in total. The van der Waals surface area contributed by atoms with Crippen molar-refractivity contribution in [3.8, 4) is 12.3 Å². The van der Waals surface area contributed by atoms with Crippen LogP contribution in [0, 0.1) is 12.3 Å². The van der Waals surface area contributed by atoms with Crippen LogP contribution in [0.2, 0.25) is 0 Å². The predicted octanol–water partition coefficient (Wildman–Crippen LogP) is 1.08. The van der Waals surface area contributed by atoms with E-state index in [1.807, 2.05) is 0 Å². The van der Waals surface area contributed by atoms with Gasteiger partial charge in [-0.3, -0.25) is 0 Å². The predicted molar refractivity (Wildman–Crippen MR) is 69.3 cm³/mol. The molecule has 0 aliphatic rings. The molecular weight excluding hydrogens is 252 g/mol. The maximum atomic E-state index is 11.8. The lowest BCUT2D eigenvalue weighted by Gasteiger charge is -2.06. The topological polar surface area (TPSA) is 71.3 Å². The summed E-state index contributed by atoms with van der Waals surface area (Å²) in [7, 11) is -3.67. The van der Waals surface area contributed by atoms with E-state index in [-0.39, 0.29) is 5.09 Å². The molecule has 100 valence electrons. The fourth-order valence-electron chi connectivity index (χ4n) is 1.31. The van der Waals surface area contributed by atoms with Crippen molar-refractivity contribution in [1.29, 1.82) is 0 Å². The van der Waals surface area contributed by atoms with Gasteiger partial charge < -0.3 is 9.73 Å². The highest BCUT2D eigenvalue weighted by atomic mass is 32.2. The standard InChI is InChI=1S/C12H18N2O3S/c1-4-8-13-9-11-6-7-12(17-11)18(15,16)14-10(3)5-2/h2,6-7,10,13-14H,4,8-9H2,1,3H3. The number of sulfonamides is 1. The third-order valence-electron chi connectivity index (χ3n) is 2.21. The summed E-state index contributed by atoms with van der Waals surface area (Å²) in [6.45, 7) is 5.00. The number of nitrogens with one attached hydrogen (secondary N) is 2. The van der Waals surface area contributed by atoms with Gasteiger partial charge in [-0.05, 0) is 32.0 Å². The van der Waals surface area contributed by atoms with Gasteiger partial charge in [-0.2, -0.15) is 4.72 Å². The Morgan fingerprint density at radius 1 is 1.50 bits per heavy atom. The minimum absolute atomic E-state index is 0.113. The van der Waals surface area contributed by atoms with Gasteiger partial charge in [-0.15, -0.1) is 6.42 Å². The second-order valence-corrected chi connectivity index (χ2v) is 5.55. The second kappa shape index (κ2) is 6.59. The molecule has 2 N–H and O–H groups in total. The van der Waals surface area contributed by atoms with Crippen molar-refractivity contribution < 1.29 is 12.8 Å². The highest BCUT2D eigenvalue weighted by molar-refractivity contribution is 7.89. The number of terminal acetylenes is 1. The van der Waals surface area contributed by atoms with E-state index < -0.39 is 16.1 Å². The summed E-state index contributed by atoms with van der Waals surface area (Å²) < 4.78 is 31.2. The Morgan fingerprint density at radius 2 is 2.22 bits per heavy atom. The minimum Gasteiger partial charge on any atom is -0.447 e. The van der Waals surface area contributed by atoms with Crippen molar-refractivity contribution >= 4 is 10.0 Å². The second-order valence-electron chi connectivity index (χ2n) is 3.91. The average molecular weight is 270 g/mol. The summed E-state index contributed by atoms with van der Waals surface area (Å²) in [5.41, 5.74) is 0. The van der Waals surface area contributed by atoms with Gasteiger partial charge in [0.25, 0.3) is 10.0 Å². The van der Waals surface area contributed by atoms with Crippen molar-refractivity contribution in [2.75, 3.05) is 6.54 Å². The largest absolute Gasteiger partial charge is 0.447 e. The van der Waals surface area contributed by atoms with E-state index >= 15 is 0 Å². The first kappa shape index (κ1) is 14.8. The first-order chi connectivity index (χ1) is 8.49. The van der Waals surface area contributed by atoms with Crippen LogP contribution in [0.5, 0.6) is 0 Å². The van der Waals surface area contributed by atoms with Crippen LogP contribution < -0.4 is 10.0 Å². The van der Waals surface area contributed by atoms with Gasteiger partial charge in [-0.1, -0.05) is 12.8 Å². The minimum atomic E-state index is -3.67. The zero-order valence-corrected chi connectivity index (χ0v) is 11.4. The molecule has 0 aromatic carbocycles. The van der Waals surface area contributed by atoms with Crippen molar-refractivity contribution in [2.24, 2.45) is 0 Å². The third-order valence-corrected chi connectivity index (χ3v) is 3.62. The Morgan fingerprint density at radius 3 is 2.83 bits per heavy atom. The molecule has 6 heteroatoms. The summed E-state index contributed by atoms with van der Waals surface area (Å²) in [5, 5.41) is 3.01. The van der Waals surface area contributed by atoms with Crippen molar-refractivity contribution in [1.82, 2.24) is 10.0 Å². The SMILES string of the molecule is C#CC(C)NS(=O)(=O)c1ccc(CNCCC)o1. The summed E-state index contributed by atoms with van der Waals surface area (Å²) in [6.07, 6.45) is 6.13.